The molecule has 0 saturated carbocycles. The number of rotatable bonds is 3. The Balaban J connectivity index is 2.09. The van der Waals surface area contributed by atoms with Gasteiger partial charge in [-0.15, -0.1) is 0 Å². The number of hydrogen-bond donors (Lipinski definition) is 1. The maximum atomic E-state index is 13.0. The highest BCUT2D eigenvalue weighted by Gasteiger charge is 2.36. The quantitative estimate of drug-likeness (QED) is 0.925. The first-order valence-corrected chi connectivity index (χ1v) is 9.17. The van der Waals surface area contributed by atoms with Crippen LogP contribution in [-0.2, 0) is 10.0 Å². The highest BCUT2D eigenvalue weighted by Crippen LogP contribution is 2.30. The Hall–Kier alpha value is -1.09. The molecular weight excluding hydrogens is 308 g/mol. The van der Waals surface area contributed by atoms with E-state index in [0.29, 0.717) is 17.6 Å². The fraction of sp³-hybridized carbons (Fsp3) is 0.538. The van der Waals surface area contributed by atoms with E-state index in [2.05, 4.69) is 8.75 Å². The van der Waals surface area contributed by atoms with Crippen molar-refractivity contribution in [1.82, 2.24) is 13.1 Å². The molecule has 1 saturated heterocycles. The van der Waals surface area contributed by atoms with Gasteiger partial charge in [-0.2, -0.15) is 13.1 Å². The third-order valence-corrected chi connectivity index (χ3v) is 6.44. The molecule has 114 valence electrons. The molecule has 0 amide bonds. The zero-order valence-electron chi connectivity index (χ0n) is 11.8. The standard InChI is InChI=1S/C13H18N4O2S2/c1-9(14)11-6-2-3-8-17(11)21(18,19)12-7-4-5-10-13(12)16-20-15-10/h4-5,7,9,11H,2-3,6,8,14H2,1H3/t9-,11-/m0/s1. The molecule has 1 aromatic heterocycles. The van der Waals surface area contributed by atoms with Crippen molar-refractivity contribution in [2.45, 2.75) is 43.2 Å². The number of aromatic nitrogens is 2. The second-order valence-corrected chi connectivity index (χ2v) is 7.81. The monoisotopic (exact) mass is 326 g/mol. The number of nitrogens with zero attached hydrogens (tertiary/aromatic N) is 3. The van der Waals surface area contributed by atoms with Gasteiger partial charge in [0.25, 0.3) is 0 Å². The highest BCUT2D eigenvalue weighted by atomic mass is 32.2. The Morgan fingerprint density at radius 1 is 1.38 bits per heavy atom. The first-order valence-electron chi connectivity index (χ1n) is 7.00. The van der Waals surface area contributed by atoms with Crippen molar-refractivity contribution in [3.63, 3.8) is 0 Å². The summed E-state index contributed by atoms with van der Waals surface area (Å²) in [5, 5.41) is 0. The lowest BCUT2D eigenvalue weighted by atomic mass is 10.00. The van der Waals surface area contributed by atoms with Crippen LogP contribution in [0.1, 0.15) is 26.2 Å². The molecule has 3 rings (SSSR count). The van der Waals surface area contributed by atoms with E-state index in [1.165, 1.54) is 0 Å². The topological polar surface area (TPSA) is 89.2 Å². The van der Waals surface area contributed by atoms with Crippen LogP contribution in [0.2, 0.25) is 0 Å². The zero-order valence-corrected chi connectivity index (χ0v) is 13.4. The lowest BCUT2D eigenvalue weighted by Crippen LogP contribution is -2.51. The molecule has 0 bridgehead atoms. The van der Waals surface area contributed by atoms with Gasteiger partial charge in [0, 0.05) is 18.6 Å². The van der Waals surface area contributed by atoms with Crippen molar-refractivity contribution < 1.29 is 8.42 Å². The average Bonchev–Trinajstić information content (AvgIpc) is 2.95. The van der Waals surface area contributed by atoms with Crippen molar-refractivity contribution in [2.24, 2.45) is 5.73 Å². The van der Waals surface area contributed by atoms with E-state index in [9.17, 15) is 8.42 Å². The minimum absolute atomic E-state index is 0.148. The third-order valence-electron chi connectivity index (χ3n) is 3.94. The Labute approximate surface area is 128 Å². The third kappa shape index (κ3) is 2.57. The molecule has 1 fully saturated rings. The Bertz CT molecular complexity index is 741. The van der Waals surface area contributed by atoms with Gasteiger partial charge in [0.2, 0.25) is 10.0 Å². The number of benzene rings is 1. The second kappa shape index (κ2) is 5.60. The van der Waals surface area contributed by atoms with Crippen LogP contribution in [-0.4, -0.2) is 40.1 Å². The van der Waals surface area contributed by atoms with Gasteiger partial charge in [0.1, 0.15) is 15.9 Å². The SMILES string of the molecule is C[C@H](N)[C@@H]1CCCCN1S(=O)(=O)c1cccc2nsnc12. The Morgan fingerprint density at radius 3 is 2.95 bits per heavy atom. The van der Waals surface area contributed by atoms with Crippen molar-refractivity contribution >= 4 is 32.8 Å². The maximum absolute atomic E-state index is 13.0. The van der Waals surface area contributed by atoms with Crippen LogP contribution in [0.5, 0.6) is 0 Å². The molecule has 0 radical (unpaired) electrons. The van der Waals surface area contributed by atoms with Crippen LogP contribution in [0.25, 0.3) is 11.0 Å². The van der Waals surface area contributed by atoms with Gasteiger partial charge in [0.15, 0.2) is 0 Å². The van der Waals surface area contributed by atoms with Gasteiger partial charge in [0.05, 0.1) is 11.7 Å². The van der Waals surface area contributed by atoms with Crippen molar-refractivity contribution in [3.05, 3.63) is 18.2 Å². The number of sulfonamides is 1. The van der Waals surface area contributed by atoms with Gasteiger partial charge in [-0.3, -0.25) is 0 Å². The summed E-state index contributed by atoms with van der Waals surface area (Å²) in [6.45, 7) is 2.38. The van der Waals surface area contributed by atoms with Crippen LogP contribution in [0.4, 0.5) is 0 Å². The molecule has 2 atom stereocenters. The summed E-state index contributed by atoms with van der Waals surface area (Å²) in [6.07, 6.45) is 2.69. The number of piperidine rings is 1. The van der Waals surface area contributed by atoms with Crippen LogP contribution >= 0.6 is 11.7 Å². The van der Waals surface area contributed by atoms with Crippen molar-refractivity contribution in [1.29, 1.82) is 0 Å². The molecule has 6 nitrogen and oxygen atoms in total. The van der Waals surface area contributed by atoms with E-state index >= 15 is 0 Å². The van der Waals surface area contributed by atoms with E-state index in [4.69, 9.17) is 5.73 Å². The van der Waals surface area contributed by atoms with E-state index < -0.39 is 10.0 Å². The van der Waals surface area contributed by atoms with Crippen LogP contribution < -0.4 is 5.73 Å². The molecule has 2 aromatic rings. The maximum Gasteiger partial charge on any atom is 0.245 e. The lowest BCUT2D eigenvalue weighted by Gasteiger charge is -2.36. The molecule has 2 N–H and O–H groups in total. The molecule has 8 heteroatoms. The fourth-order valence-corrected chi connectivity index (χ4v) is 5.40. The largest absolute Gasteiger partial charge is 0.326 e. The molecule has 1 aliphatic heterocycles. The van der Waals surface area contributed by atoms with Crippen molar-refractivity contribution in [2.75, 3.05) is 6.54 Å². The summed E-state index contributed by atoms with van der Waals surface area (Å²) in [5.74, 6) is 0. The van der Waals surface area contributed by atoms with Crippen LogP contribution in [0.3, 0.4) is 0 Å². The summed E-state index contributed by atoms with van der Waals surface area (Å²) in [7, 11) is -3.60. The average molecular weight is 326 g/mol. The number of hydrogen-bond acceptors (Lipinski definition) is 6. The van der Waals surface area contributed by atoms with E-state index in [1.807, 2.05) is 6.92 Å². The molecule has 0 aliphatic carbocycles. The molecular formula is C13H18N4O2S2. The minimum Gasteiger partial charge on any atom is -0.326 e. The van der Waals surface area contributed by atoms with Gasteiger partial charge in [-0.25, -0.2) is 8.42 Å². The minimum atomic E-state index is -3.60. The molecule has 1 aliphatic rings. The summed E-state index contributed by atoms with van der Waals surface area (Å²) in [4.78, 5) is 0.237. The lowest BCUT2D eigenvalue weighted by molar-refractivity contribution is 0.227. The number of nitrogens with two attached hydrogens (primary N) is 1. The predicted octanol–water partition coefficient (Wildman–Crippen LogP) is 1.58. The van der Waals surface area contributed by atoms with Crippen LogP contribution in [0.15, 0.2) is 23.1 Å². The van der Waals surface area contributed by atoms with Gasteiger partial charge >= 0.3 is 0 Å². The van der Waals surface area contributed by atoms with Gasteiger partial charge < -0.3 is 5.73 Å². The summed E-state index contributed by atoms with van der Waals surface area (Å²) in [5.41, 5.74) is 7.07. The van der Waals surface area contributed by atoms with E-state index in [1.54, 1.807) is 22.5 Å². The van der Waals surface area contributed by atoms with Gasteiger partial charge in [-0.05, 0) is 31.9 Å². The molecule has 2 heterocycles. The first-order chi connectivity index (χ1) is 10.0. The summed E-state index contributed by atoms with van der Waals surface area (Å²) >= 11 is 1.03. The predicted molar refractivity (Wildman–Crippen MR) is 82.6 cm³/mol. The Kier molecular flexibility index (Phi) is 3.96. The first kappa shape index (κ1) is 14.8. The zero-order chi connectivity index (χ0) is 15.0. The smallest absolute Gasteiger partial charge is 0.245 e. The fourth-order valence-electron chi connectivity index (χ4n) is 2.87. The molecule has 21 heavy (non-hydrogen) atoms. The Morgan fingerprint density at radius 2 is 2.19 bits per heavy atom. The van der Waals surface area contributed by atoms with Crippen LogP contribution in [0, 0.1) is 0 Å². The summed E-state index contributed by atoms with van der Waals surface area (Å²) in [6, 6.07) is 4.75. The molecule has 0 spiro atoms. The highest BCUT2D eigenvalue weighted by molar-refractivity contribution is 7.89. The normalized spacial score (nSPS) is 22.5. The van der Waals surface area contributed by atoms with Gasteiger partial charge in [-0.1, -0.05) is 12.5 Å². The van der Waals surface area contributed by atoms with E-state index in [0.717, 1.165) is 31.0 Å². The van der Waals surface area contributed by atoms with Crippen molar-refractivity contribution in [3.8, 4) is 0 Å². The molecule has 0 unspecified atom stereocenters. The summed E-state index contributed by atoms with van der Waals surface area (Å²) < 4.78 is 35.9. The second-order valence-electron chi connectivity index (χ2n) is 5.43. The number of fused-ring (bicyclic) bond motifs is 1. The molecule has 1 aromatic carbocycles. The van der Waals surface area contributed by atoms with E-state index in [-0.39, 0.29) is 17.0 Å².